The van der Waals surface area contributed by atoms with E-state index in [0.717, 1.165) is 12.5 Å². The molecule has 1 nitrogen and oxygen atoms in total. The van der Waals surface area contributed by atoms with Gasteiger partial charge in [0.15, 0.2) is 0 Å². The van der Waals surface area contributed by atoms with Gasteiger partial charge in [-0.2, -0.15) is 0 Å². The van der Waals surface area contributed by atoms with E-state index in [0.29, 0.717) is 0 Å². The molecule has 0 bridgehead atoms. The molecule has 1 saturated carbocycles. The van der Waals surface area contributed by atoms with Gasteiger partial charge in [0, 0.05) is 12.0 Å². The predicted molar refractivity (Wildman–Crippen MR) is 69.7 cm³/mol. The lowest BCUT2D eigenvalue weighted by atomic mass is 9.78. The van der Waals surface area contributed by atoms with Gasteiger partial charge >= 0.3 is 0 Å². The minimum absolute atomic E-state index is 0.110. The molecule has 2 rings (SSSR count). The second-order valence-corrected chi connectivity index (χ2v) is 5.66. The maximum Gasteiger partial charge on any atom is 0.00219 e. The molecule has 16 heavy (non-hydrogen) atoms. The van der Waals surface area contributed by atoms with E-state index < -0.39 is 0 Å². The van der Waals surface area contributed by atoms with Crippen LogP contribution >= 0.6 is 0 Å². The fraction of sp³-hybridized carbons (Fsp3) is 0.600. The van der Waals surface area contributed by atoms with Gasteiger partial charge in [-0.1, -0.05) is 51.0 Å². The van der Waals surface area contributed by atoms with Crippen LogP contribution in [0.3, 0.4) is 0 Å². The van der Waals surface area contributed by atoms with E-state index in [2.05, 4.69) is 38.1 Å². The fourth-order valence-corrected chi connectivity index (χ4v) is 2.82. The van der Waals surface area contributed by atoms with Gasteiger partial charge in [0.05, 0.1) is 0 Å². The van der Waals surface area contributed by atoms with Crippen molar-refractivity contribution >= 4 is 0 Å². The van der Waals surface area contributed by atoms with Crippen molar-refractivity contribution in [1.29, 1.82) is 0 Å². The Hall–Kier alpha value is -0.820. The first-order valence-electron chi connectivity index (χ1n) is 6.44. The van der Waals surface area contributed by atoms with Gasteiger partial charge in [-0.3, -0.25) is 0 Å². The Morgan fingerprint density at radius 3 is 2.44 bits per heavy atom. The molecular weight excluding hydrogens is 194 g/mol. The van der Waals surface area contributed by atoms with Crippen LogP contribution in [0.2, 0.25) is 0 Å². The van der Waals surface area contributed by atoms with Crippen LogP contribution in [-0.4, -0.2) is 6.54 Å². The van der Waals surface area contributed by atoms with Gasteiger partial charge in [0.2, 0.25) is 0 Å². The van der Waals surface area contributed by atoms with Crippen molar-refractivity contribution in [2.45, 2.75) is 50.9 Å². The number of rotatable bonds is 3. The third-order valence-electron chi connectivity index (χ3n) is 4.00. The molecule has 1 aliphatic rings. The molecule has 1 aromatic rings. The normalized spacial score (nSPS) is 17.9. The molecule has 0 aliphatic heterocycles. The number of hydrogen-bond donors (Lipinski definition) is 1. The van der Waals surface area contributed by atoms with E-state index in [1.165, 1.54) is 31.2 Å². The van der Waals surface area contributed by atoms with E-state index in [1.54, 1.807) is 5.56 Å². The van der Waals surface area contributed by atoms with Crippen molar-refractivity contribution in [2.24, 2.45) is 5.73 Å². The highest BCUT2D eigenvalue weighted by atomic mass is 14.6. The predicted octanol–water partition coefficient (Wildman–Crippen LogP) is 3.58. The van der Waals surface area contributed by atoms with E-state index in [4.69, 9.17) is 5.73 Å². The SMILES string of the molecule is CC(C)(CN)c1ccccc1C1CCCC1. The van der Waals surface area contributed by atoms with Gasteiger partial charge in [-0.25, -0.2) is 0 Å². The summed E-state index contributed by atoms with van der Waals surface area (Å²) in [5, 5.41) is 0. The van der Waals surface area contributed by atoms with Crippen molar-refractivity contribution in [1.82, 2.24) is 0 Å². The highest BCUT2D eigenvalue weighted by Crippen LogP contribution is 2.39. The molecule has 0 heterocycles. The average Bonchev–Trinajstić information content (AvgIpc) is 2.82. The second-order valence-electron chi connectivity index (χ2n) is 5.66. The Labute approximate surface area is 99.0 Å². The molecule has 0 amide bonds. The van der Waals surface area contributed by atoms with E-state index in [-0.39, 0.29) is 5.41 Å². The summed E-state index contributed by atoms with van der Waals surface area (Å²) in [5.74, 6) is 0.780. The number of hydrogen-bond acceptors (Lipinski definition) is 1. The molecule has 0 radical (unpaired) electrons. The van der Waals surface area contributed by atoms with Crippen LogP contribution in [-0.2, 0) is 5.41 Å². The van der Waals surface area contributed by atoms with Crippen LogP contribution in [0, 0.1) is 0 Å². The van der Waals surface area contributed by atoms with Crippen molar-refractivity contribution in [3.05, 3.63) is 35.4 Å². The molecule has 0 aromatic heterocycles. The van der Waals surface area contributed by atoms with E-state index in [1.807, 2.05) is 0 Å². The number of nitrogens with two attached hydrogens (primary N) is 1. The third-order valence-corrected chi connectivity index (χ3v) is 4.00. The van der Waals surface area contributed by atoms with Crippen molar-refractivity contribution in [2.75, 3.05) is 6.54 Å². The summed E-state index contributed by atoms with van der Waals surface area (Å²) in [6, 6.07) is 8.89. The Balaban J connectivity index is 2.37. The Kier molecular flexibility index (Phi) is 3.34. The molecular formula is C15H23N. The molecule has 1 heteroatoms. The molecule has 1 fully saturated rings. The first-order valence-corrected chi connectivity index (χ1v) is 6.44. The Bertz CT molecular complexity index is 348. The summed E-state index contributed by atoms with van der Waals surface area (Å²) >= 11 is 0. The molecule has 88 valence electrons. The molecule has 0 unspecified atom stereocenters. The highest BCUT2D eigenvalue weighted by Gasteiger charge is 2.26. The summed E-state index contributed by atoms with van der Waals surface area (Å²) in [5.41, 5.74) is 9.03. The largest absolute Gasteiger partial charge is 0.330 e. The van der Waals surface area contributed by atoms with Crippen LogP contribution in [0.15, 0.2) is 24.3 Å². The van der Waals surface area contributed by atoms with E-state index in [9.17, 15) is 0 Å². The van der Waals surface area contributed by atoms with Crippen molar-refractivity contribution in [3.8, 4) is 0 Å². The van der Waals surface area contributed by atoms with Gasteiger partial charge in [-0.05, 0) is 29.9 Å². The topological polar surface area (TPSA) is 26.0 Å². The smallest absolute Gasteiger partial charge is 0.00219 e. The summed E-state index contributed by atoms with van der Waals surface area (Å²) in [7, 11) is 0. The Morgan fingerprint density at radius 1 is 1.19 bits per heavy atom. The van der Waals surface area contributed by atoms with Crippen molar-refractivity contribution in [3.63, 3.8) is 0 Å². The average molecular weight is 217 g/mol. The summed E-state index contributed by atoms with van der Waals surface area (Å²) < 4.78 is 0. The maximum atomic E-state index is 5.91. The fourth-order valence-electron chi connectivity index (χ4n) is 2.82. The summed E-state index contributed by atoms with van der Waals surface area (Å²) in [6.45, 7) is 5.22. The van der Waals surface area contributed by atoms with Gasteiger partial charge in [0.25, 0.3) is 0 Å². The molecule has 1 aliphatic carbocycles. The van der Waals surface area contributed by atoms with Gasteiger partial charge in [0.1, 0.15) is 0 Å². The monoisotopic (exact) mass is 217 g/mol. The maximum absolute atomic E-state index is 5.91. The van der Waals surface area contributed by atoms with Crippen LogP contribution in [0.5, 0.6) is 0 Å². The highest BCUT2D eigenvalue weighted by molar-refractivity contribution is 5.36. The zero-order valence-electron chi connectivity index (χ0n) is 10.5. The number of benzene rings is 1. The summed E-state index contributed by atoms with van der Waals surface area (Å²) in [6.07, 6.45) is 5.50. The quantitative estimate of drug-likeness (QED) is 0.823. The second kappa shape index (κ2) is 4.58. The van der Waals surface area contributed by atoms with Crippen LogP contribution in [0.4, 0.5) is 0 Å². The zero-order chi connectivity index (χ0) is 11.6. The standard InChI is InChI=1S/C15H23N/c1-15(2,11-16)14-10-6-5-9-13(14)12-7-3-4-8-12/h5-6,9-10,12H,3-4,7-8,11,16H2,1-2H3. The lowest BCUT2D eigenvalue weighted by Gasteiger charge is -2.28. The molecule has 1 aromatic carbocycles. The molecule has 0 saturated heterocycles. The van der Waals surface area contributed by atoms with Gasteiger partial charge < -0.3 is 5.73 Å². The van der Waals surface area contributed by atoms with Crippen LogP contribution < -0.4 is 5.73 Å². The lowest BCUT2D eigenvalue weighted by Crippen LogP contribution is -2.29. The minimum Gasteiger partial charge on any atom is -0.330 e. The molecule has 0 atom stereocenters. The molecule has 2 N–H and O–H groups in total. The first-order chi connectivity index (χ1) is 7.65. The summed E-state index contributed by atoms with van der Waals surface area (Å²) in [4.78, 5) is 0. The van der Waals surface area contributed by atoms with Crippen molar-refractivity contribution < 1.29 is 0 Å². The molecule has 0 spiro atoms. The van der Waals surface area contributed by atoms with Crippen LogP contribution in [0.1, 0.15) is 56.6 Å². The lowest BCUT2D eigenvalue weighted by molar-refractivity contribution is 0.525. The Morgan fingerprint density at radius 2 is 1.81 bits per heavy atom. The third kappa shape index (κ3) is 2.15. The van der Waals surface area contributed by atoms with E-state index >= 15 is 0 Å². The van der Waals surface area contributed by atoms with Gasteiger partial charge in [-0.15, -0.1) is 0 Å². The zero-order valence-corrected chi connectivity index (χ0v) is 10.5. The minimum atomic E-state index is 0.110. The van der Waals surface area contributed by atoms with Crippen LogP contribution in [0.25, 0.3) is 0 Å². The first kappa shape index (κ1) is 11.7.